The summed E-state index contributed by atoms with van der Waals surface area (Å²) >= 11 is 1.66. The monoisotopic (exact) mass is 388 g/mol. The van der Waals surface area contributed by atoms with Gasteiger partial charge in [0, 0.05) is 16.5 Å². The van der Waals surface area contributed by atoms with Crippen LogP contribution in [-0.2, 0) is 6.54 Å². The molecule has 2 aromatic carbocycles. The lowest BCUT2D eigenvalue weighted by atomic mass is 10.1. The summed E-state index contributed by atoms with van der Waals surface area (Å²) in [5, 5.41) is 15.0. The first-order chi connectivity index (χ1) is 13.7. The van der Waals surface area contributed by atoms with Crippen LogP contribution in [0.1, 0.15) is 11.3 Å². The molecule has 28 heavy (non-hydrogen) atoms. The zero-order chi connectivity index (χ0) is 19.3. The molecule has 0 aliphatic rings. The van der Waals surface area contributed by atoms with Gasteiger partial charge in [-0.3, -0.25) is 0 Å². The number of nitrogens with zero attached hydrogens (tertiary/aromatic N) is 3. The van der Waals surface area contributed by atoms with Gasteiger partial charge >= 0.3 is 0 Å². The number of anilines is 1. The molecule has 0 aliphatic heterocycles. The van der Waals surface area contributed by atoms with Gasteiger partial charge in [0.15, 0.2) is 0 Å². The quantitative estimate of drug-likeness (QED) is 0.492. The molecule has 0 unspecified atom stereocenters. The highest BCUT2D eigenvalue weighted by Gasteiger charge is 2.07. The Morgan fingerprint density at radius 3 is 2.50 bits per heavy atom. The Hall–Kier alpha value is -3.25. The van der Waals surface area contributed by atoms with Gasteiger partial charge in [0.05, 0.1) is 25.0 Å². The fourth-order valence-corrected chi connectivity index (χ4v) is 3.76. The molecular weight excluding hydrogens is 368 g/mol. The summed E-state index contributed by atoms with van der Waals surface area (Å²) in [6.45, 7) is 2.72. The number of hydrogen-bond donors (Lipinski definition) is 1. The van der Waals surface area contributed by atoms with Crippen molar-refractivity contribution < 1.29 is 4.74 Å². The summed E-state index contributed by atoms with van der Waals surface area (Å²) < 4.78 is 5.18. The van der Waals surface area contributed by atoms with Crippen molar-refractivity contribution in [2.75, 3.05) is 12.4 Å². The second-order valence-corrected chi connectivity index (χ2v) is 7.20. The highest BCUT2D eigenvalue weighted by molar-refractivity contribution is 7.13. The first-order valence-electron chi connectivity index (χ1n) is 8.95. The molecule has 2 aromatic heterocycles. The van der Waals surface area contributed by atoms with Crippen LogP contribution in [-0.4, -0.2) is 22.3 Å². The molecule has 1 N–H and O–H groups in total. The Balaban J connectivity index is 1.41. The fraction of sp³-hybridized carbons (Fsp3) is 0.136. The average molecular weight is 388 g/mol. The number of methoxy groups -OCH3 is 1. The van der Waals surface area contributed by atoms with E-state index in [-0.39, 0.29) is 0 Å². The van der Waals surface area contributed by atoms with Crippen LogP contribution in [0.2, 0.25) is 0 Å². The van der Waals surface area contributed by atoms with Gasteiger partial charge in [-0.05, 0) is 48.9 Å². The van der Waals surface area contributed by atoms with E-state index in [1.807, 2.05) is 48.5 Å². The van der Waals surface area contributed by atoms with Gasteiger partial charge in [0.2, 0.25) is 0 Å². The van der Waals surface area contributed by atoms with Gasteiger partial charge in [-0.25, -0.2) is 4.98 Å². The largest absolute Gasteiger partial charge is 0.497 e. The fourth-order valence-electron chi connectivity index (χ4n) is 2.85. The highest BCUT2D eigenvalue weighted by atomic mass is 32.1. The molecule has 0 aliphatic carbocycles. The zero-order valence-electron chi connectivity index (χ0n) is 15.7. The van der Waals surface area contributed by atoms with E-state index in [1.54, 1.807) is 18.4 Å². The van der Waals surface area contributed by atoms with Crippen molar-refractivity contribution in [2.45, 2.75) is 13.5 Å². The second-order valence-electron chi connectivity index (χ2n) is 6.34. The standard InChI is InChI=1S/C22H20N4OS/c1-15-5-3-4-6-19(15)22-24-17(14-28-22)13-23-21-12-11-20(25-26-21)16-7-9-18(27-2)10-8-16/h3-12,14H,13H2,1-2H3,(H,23,26). The van der Waals surface area contributed by atoms with Crippen molar-refractivity contribution in [3.05, 3.63) is 77.3 Å². The van der Waals surface area contributed by atoms with E-state index in [4.69, 9.17) is 9.72 Å². The van der Waals surface area contributed by atoms with E-state index in [9.17, 15) is 0 Å². The van der Waals surface area contributed by atoms with E-state index < -0.39 is 0 Å². The van der Waals surface area contributed by atoms with Crippen molar-refractivity contribution in [1.82, 2.24) is 15.2 Å². The van der Waals surface area contributed by atoms with Crippen molar-refractivity contribution in [3.63, 3.8) is 0 Å². The van der Waals surface area contributed by atoms with Crippen molar-refractivity contribution in [1.29, 1.82) is 0 Å². The van der Waals surface area contributed by atoms with Crippen LogP contribution < -0.4 is 10.1 Å². The molecular formula is C22H20N4OS. The van der Waals surface area contributed by atoms with Crippen molar-refractivity contribution in [2.24, 2.45) is 0 Å². The predicted octanol–water partition coefficient (Wildman–Crippen LogP) is 5.20. The smallest absolute Gasteiger partial charge is 0.149 e. The third-order valence-corrected chi connectivity index (χ3v) is 5.35. The van der Waals surface area contributed by atoms with Crippen molar-refractivity contribution in [3.8, 4) is 27.6 Å². The SMILES string of the molecule is COc1ccc(-c2ccc(NCc3csc(-c4ccccc4C)n3)nn2)cc1. The lowest BCUT2D eigenvalue weighted by Gasteiger charge is -2.05. The molecule has 0 bridgehead atoms. The summed E-state index contributed by atoms with van der Waals surface area (Å²) in [7, 11) is 1.65. The lowest BCUT2D eigenvalue weighted by Crippen LogP contribution is -2.03. The molecule has 0 spiro atoms. The Morgan fingerprint density at radius 1 is 0.964 bits per heavy atom. The summed E-state index contributed by atoms with van der Waals surface area (Å²) in [6.07, 6.45) is 0. The predicted molar refractivity (Wildman–Crippen MR) is 114 cm³/mol. The van der Waals surface area contributed by atoms with Gasteiger partial charge in [0.1, 0.15) is 16.6 Å². The third-order valence-electron chi connectivity index (χ3n) is 4.43. The number of benzene rings is 2. The van der Waals surface area contributed by atoms with Gasteiger partial charge < -0.3 is 10.1 Å². The van der Waals surface area contributed by atoms with Gasteiger partial charge in [-0.1, -0.05) is 24.3 Å². The Morgan fingerprint density at radius 2 is 1.79 bits per heavy atom. The van der Waals surface area contributed by atoms with E-state index in [0.29, 0.717) is 6.54 Å². The Labute approximate surface area is 168 Å². The van der Waals surface area contributed by atoms with E-state index in [1.165, 1.54) is 11.1 Å². The van der Waals surface area contributed by atoms with Gasteiger partial charge in [0.25, 0.3) is 0 Å². The second kappa shape index (κ2) is 8.19. The summed E-state index contributed by atoms with van der Waals surface area (Å²) in [6, 6.07) is 20.0. The third kappa shape index (κ3) is 4.02. The number of thiazole rings is 1. The molecule has 140 valence electrons. The van der Waals surface area contributed by atoms with Crippen LogP contribution in [0.15, 0.2) is 66.0 Å². The zero-order valence-corrected chi connectivity index (χ0v) is 16.5. The molecule has 0 fully saturated rings. The molecule has 0 saturated heterocycles. The Bertz CT molecular complexity index is 1060. The number of aryl methyl sites for hydroxylation is 1. The maximum Gasteiger partial charge on any atom is 0.149 e. The summed E-state index contributed by atoms with van der Waals surface area (Å²) in [5.74, 6) is 1.55. The van der Waals surface area contributed by atoms with Crippen LogP contribution in [0.5, 0.6) is 5.75 Å². The first kappa shape index (κ1) is 18.1. The van der Waals surface area contributed by atoms with E-state index in [2.05, 4.69) is 40.0 Å². The number of rotatable bonds is 6. The molecule has 0 atom stereocenters. The molecule has 6 heteroatoms. The molecule has 2 heterocycles. The topological polar surface area (TPSA) is 59.9 Å². The van der Waals surface area contributed by atoms with Crippen LogP contribution in [0, 0.1) is 6.92 Å². The van der Waals surface area contributed by atoms with Crippen LogP contribution in [0.3, 0.4) is 0 Å². The van der Waals surface area contributed by atoms with E-state index in [0.717, 1.165) is 33.5 Å². The molecule has 0 saturated carbocycles. The number of ether oxygens (including phenoxy) is 1. The average Bonchev–Trinajstić information content (AvgIpc) is 3.22. The molecule has 0 radical (unpaired) electrons. The van der Waals surface area contributed by atoms with Crippen LogP contribution in [0.25, 0.3) is 21.8 Å². The minimum absolute atomic E-state index is 0.610. The number of aromatic nitrogens is 3. The maximum atomic E-state index is 5.18. The Kier molecular flexibility index (Phi) is 5.30. The molecule has 0 amide bonds. The maximum absolute atomic E-state index is 5.18. The molecule has 4 aromatic rings. The number of hydrogen-bond acceptors (Lipinski definition) is 6. The summed E-state index contributed by atoms with van der Waals surface area (Å²) in [5.41, 5.74) is 5.23. The van der Waals surface area contributed by atoms with E-state index >= 15 is 0 Å². The van der Waals surface area contributed by atoms with Gasteiger partial charge in [-0.15, -0.1) is 21.5 Å². The van der Waals surface area contributed by atoms with Crippen molar-refractivity contribution >= 4 is 17.2 Å². The first-order valence-corrected chi connectivity index (χ1v) is 9.83. The van der Waals surface area contributed by atoms with Crippen LogP contribution >= 0.6 is 11.3 Å². The summed E-state index contributed by atoms with van der Waals surface area (Å²) in [4.78, 5) is 4.73. The molecule has 4 rings (SSSR count). The minimum Gasteiger partial charge on any atom is -0.497 e. The normalized spacial score (nSPS) is 10.6. The highest BCUT2D eigenvalue weighted by Crippen LogP contribution is 2.27. The minimum atomic E-state index is 0.610. The number of nitrogens with one attached hydrogen (secondary N) is 1. The lowest BCUT2D eigenvalue weighted by molar-refractivity contribution is 0.415. The van der Waals surface area contributed by atoms with Gasteiger partial charge in [-0.2, -0.15) is 0 Å². The molecule has 5 nitrogen and oxygen atoms in total. The van der Waals surface area contributed by atoms with Crippen LogP contribution in [0.4, 0.5) is 5.82 Å².